The topological polar surface area (TPSA) is 95.7 Å². The van der Waals surface area contributed by atoms with E-state index in [1.54, 1.807) is 24.3 Å². The Bertz CT molecular complexity index is 800. The maximum absolute atomic E-state index is 13.0. The maximum atomic E-state index is 13.0. The molecule has 1 amide bonds. The van der Waals surface area contributed by atoms with Gasteiger partial charge in [-0.15, -0.1) is 0 Å². The van der Waals surface area contributed by atoms with Crippen LogP contribution in [0.5, 0.6) is 0 Å². The molecule has 138 valence electrons. The fourth-order valence-corrected chi connectivity index (χ4v) is 3.16. The molecule has 2 N–H and O–H groups in total. The molecular formula is C19H23N3O4. The van der Waals surface area contributed by atoms with E-state index in [0.717, 1.165) is 24.3 Å². The number of hydrogen-bond acceptors (Lipinski definition) is 5. The van der Waals surface area contributed by atoms with Crippen LogP contribution in [0.15, 0.2) is 34.9 Å². The highest BCUT2D eigenvalue weighted by Crippen LogP contribution is 2.34. The Kier molecular flexibility index (Phi) is 5.25. The van der Waals surface area contributed by atoms with Gasteiger partial charge in [-0.05, 0) is 31.0 Å². The van der Waals surface area contributed by atoms with Gasteiger partial charge in [0.25, 0.3) is 5.91 Å². The summed E-state index contributed by atoms with van der Waals surface area (Å²) in [6.07, 6.45) is 1.77. The summed E-state index contributed by atoms with van der Waals surface area (Å²) in [4.78, 5) is 25.5. The van der Waals surface area contributed by atoms with Crippen LogP contribution in [-0.2, 0) is 4.79 Å². The molecule has 7 heteroatoms. The lowest BCUT2D eigenvalue weighted by Gasteiger charge is -2.23. The molecule has 0 spiro atoms. The van der Waals surface area contributed by atoms with E-state index in [1.165, 1.54) is 0 Å². The van der Waals surface area contributed by atoms with Crippen LogP contribution < -0.4 is 5.32 Å². The normalized spacial score (nSPS) is 16.9. The van der Waals surface area contributed by atoms with Crippen molar-refractivity contribution in [2.75, 3.05) is 18.4 Å². The van der Waals surface area contributed by atoms with Gasteiger partial charge < -0.3 is 19.8 Å². The van der Waals surface area contributed by atoms with Crippen LogP contribution in [0.2, 0.25) is 0 Å². The smallest absolute Gasteiger partial charge is 0.322 e. The number of carboxylic acids is 1. The van der Waals surface area contributed by atoms with Gasteiger partial charge in [-0.3, -0.25) is 9.59 Å². The van der Waals surface area contributed by atoms with Gasteiger partial charge in [0.2, 0.25) is 0 Å². The minimum Gasteiger partial charge on any atom is -0.480 e. The predicted octanol–water partition coefficient (Wildman–Crippen LogP) is 3.27. The fourth-order valence-electron chi connectivity index (χ4n) is 3.16. The van der Waals surface area contributed by atoms with Gasteiger partial charge >= 0.3 is 5.97 Å². The molecule has 3 rings (SSSR count). The number of hydrogen-bond donors (Lipinski definition) is 2. The number of carbonyl (C=O) groups is 2. The monoisotopic (exact) mass is 357 g/mol. The van der Waals surface area contributed by atoms with Crippen molar-refractivity contribution in [1.82, 2.24) is 10.1 Å². The van der Waals surface area contributed by atoms with Crippen LogP contribution in [0.1, 0.15) is 60.5 Å². The molecule has 0 saturated carbocycles. The van der Waals surface area contributed by atoms with Crippen molar-refractivity contribution >= 4 is 17.6 Å². The van der Waals surface area contributed by atoms with E-state index in [1.807, 2.05) is 24.8 Å². The number of nitrogens with one attached hydrogen (secondary N) is 1. The molecule has 2 heterocycles. The number of carboxylic acid groups (broad SMARTS) is 1. The van der Waals surface area contributed by atoms with E-state index in [-0.39, 0.29) is 24.4 Å². The molecule has 1 atom stereocenters. The number of amides is 1. The van der Waals surface area contributed by atoms with Crippen LogP contribution in [0, 0.1) is 0 Å². The SMILES string of the molecule is CC(C)c1cc([C@@H]2CCCN2C(=O)c2cccc(NCC(=O)O)c2)no1. The average Bonchev–Trinajstić information content (AvgIpc) is 3.28. The minimum atomic E-state index is -0.951. The van der Waals surface area contributed by atoms with E-state index in [0.29, 0.717) is 17.8 Å². The summed E-state index contributed by atoms with van der Waals surface area (Å²) < 4.78 is 5.39. The third-order valence-electron chi connectivity index (χ3n) is 4.52. The van der Waals surface area contributed by atoms with Crippen LogP contribution in [0.25, 0.3) is 0 Å². The van der Waals surface area contributed by atoms with Gasteiger partial charge in [-0.25, -0.2) is 0 Å². The molecule has 26 heavy (non-hydrogen) atoms. The first-order chi connectivity index (χ1) is 12.5. The van der Waals surface area contributed by atoms with E-state index < -0.39 is 5.97 Å². The minimum absolute atomic E-state index is 0.0828. The van der Waals surface area contributed by atoms with Gasteiger partial charge in [0.05, 0.1) is 6.04 Å². The second-order valence-electron chi connectivity index (χ2n) is 6.79. The second-order valence-corrected chi connectivity index (χ2v) is 6.79. The summed E-state index contributed by atoms with van der Waals surface area (Å²) in [5.41, 5.74) is 1.93. The van der Waals surface area contributed by atoms with E-state index in [9.17, 15) is 9.59 Å². The Morgan fingerprint density at radius 1 is 1.38 bits per heavy atom. The fraction of sp³-hybridized carbons (Fsp3) is 0.421. The molecule has 1 aliphatic heterocycles. The third-order valence-corrected chi connectivity index (χ3v) is 4.52. The first-order valence-electron chi connectivity index (χ1n) is 8.79. The standard InChI is InChI=1S/C19H23N3O4/c1-12(2)17-10-15(21-26-17)16-7-4-8-22(16)19(25)13-5-3-6-14(9-13)20-11-18(23)24/h3,5-6,9-10,12,16,20H,4,7-8,11H2,1-2H3,(H,23,24)/t16-/m0/s1. The highest BCUT2D eigenvalue weighted by Gasteiger charge is 2.33. The van der Waals surface area contributed by atoms with Crippen molar-refractivity contribution in [2.45, 2.75) is 38.6 Å². The molecule has 7 nitrogen and oxygen atoms in total. The van der Waals surface area contributed by atoms with Gasteiger partial charge in [0.1, 0.15) is 18.0 Å². The van der Waals surface area contributed by atoms with Crippen molar-refractivity contribution in [2.24, 2.45) is 0 Å². The highest BCUT2D eigenvalue weighted by atomic mass is 16.5. The van der Waals surface area contributed by atoms with Gasteiger partial charge in [0.15, 0.2) is 0 Å². The number of likely N-dealkylation sites (tertiary alicyclic amines) is 1. The molecule has 0 radical (unpaired) electrons. The van der Waals surface area contributed by atoms with Crippen LogP contribution in [0.4, 0.5) is 5.69 Å². The molecule has 1 aromatic heterocycles. The van der Waals surface area contributed by atoms with Crippen LogP contribution in [0.3, 0.4) is 0 Å². The average molecular weight is 357 g/mol. The molecule has 0 aliphatic carbocycles. The Labute approximate surface area is 152 Å². The summed E-state index contributed by atoms with van der Waals surface area (Å²) in [6, 6.07) is 8.76. The first kappa shape index (κ1) is 18.0. The number of anilines is 1. The van der Waals surface area contributed by atoms with Crippen molar-refractivity contribution in [3.05, 3.63) is 47.3 Å². The van der Waals surface area contributed by atoms with Crippen LogP contribution in [-0.4, -0.2) is 40.1 Å². The summed E-state index contributed by atoms with van der Waals surface area (Å²) in [6.45, 7) is 4.55. The molecule has 1 aromatic carbocycles. The first-order valence-corrected chi connectivity index (χ1v) is 8.79. The van der Waals surface area contributed by atoms with Crippen molar-refractivity contribution in [1.29, 1.82) is 0 Å². The number of nitrogens with zero attached hydrogens (tertiary/aromatic N) is 2. The molecule has 0 unspecified atom stereocenters. The second kappa shape index (κ2) is 7.59. The summed E-state index contributed by atoms with van der Waals surface area (Å²) in [5.74, 6) is 0.0341. The molecular weight excluding hydrogens is 334 g/mol. The number of benzene rings is 1. The van der Waals surface area contributed by atoms with Gasteiger partial charge in [0, 0.05) is 29.8 Å². The zero-order valence-electron chi connectivity index (χ0n) is 14.9. The quantitative estimate of drug-likeness (QED) is 0.824. The summed E-state index contributed by atoms with van der Waals surface area (Å²) >= 11 is 0. The summed E-state index contributed by atoms with van der Waals surface area (Å²) in [7, 11) is 0. The number of rotatable bonds is 6. The van der Waals surface area contributed by atoms with Crippen molar-refractivity contribution < 1.29 is 19.2 Å². The van der Waals surface area contributed by atoms with Crippen molar-refractivity contribution in [3.63, 3.8) is 0 Å². The van der Waals surface area contributed by atoms with E-state index >= 15 is 0 Å². The molecule has 1 saturated heterocycles. The highest BCUT2D eigenvalue weighted by molar-refractivity contribution is 5.95. The lowest BCUT2D eigenvalue weighted by molar-refractivity contribution is -0.134. The predicted molar refractivity (Wildman–Crippen MR) is 96.2 cm³/mol. The molecule has 2 aromatic rings. The lowest BCUT2D eigenvalue weighted by Crippen LogP contribution is -2.30. The molecule has 1 aliphatic rings. The molecule has 1 fully saturated rings. The van der Waals surface area contributed by atoms with Crippen LogP contribution >= 0.6 is 0 Å². The Balaban J connectivity index is 1.77. The largest absolute Gasteiger partial charge is 0.480 e. The Hall–Kier alpha value is -2.83. The van der Waals surface area contributed by atoms with Gasteiger partial charge in [-0.2, -0.15) is 0 Å². The number of aromatic nitrogens is 1. The zero-order valence-corrected chi connectivity index (χ0v) is 14.9. The van der Waals surface area contributed by atoms with E-state index in [2.05, 4.69) is 10.5 Å². The third kappa shape index (κ3) is 3.87. The number of carbonyl (C=O) groups excluding carboxylic acids is 1. The van der Waals surface area contributed by atoms with Gasteiger partial charge in [-0.1, -0.05) is 25.1 Å². The van der Waals surface area contributed by atoms with Crippen molar-refractivity contribution in [3.8, 4) is 0 Å². The summed E-state index contributed by atoms with van der Waals surface area (Å²) in [5, 5.41) is 15.7. The zero-order chi connectivity index (χ0) is 18.7. The molecule has 0 bridgehead atoms. The number of aliphatic carboxylic acids is 1. The Morgan fingerprint density at radius 3 is 2.88 bits per heavy atom. The Morgan fingerprint density at radius 2 is 2.19 bits per heavy atom. The lowest BCUT2D eigenvalue weighted by atomic mass is 10.1. The maximum Gasteiger partial charge on any atom is 0.322 e. The van der Waals surface area contributed by atoms with E-state index in [4.69, 9.17) is 9.63 Å².